The molecule has 1 aliphatic rings. The Bertz CT molecular complexity index is 746. The van der Waals surface area contributed by atoms with Crippen molar-refractivity contribution in [1.29, 1.82) is 0 Å². The van der Waals surface area contributed by atoms with Gasteiger partial charge in [0.2, 0.25) is 12.7 Å². The third-order valence-electron chi connectivity index (χ3n) is 3.72. The first kappa shape index (κ1) is 15.9. The molecular formula is C18H18N2O4. The van der Waals surface area contributed by atoms with Crippen LogP contribution < -0.4 is 20.1 Å². The van der Waals surface area contributed by atoms with Crippen molar-refractivity contribution in [2.45, 2.75) is 13.0 Å². The van der Waals surface area contributed by atoms with Crippen LogP contribution in [0, 0.1) is 0 Å². The van der Waals surface area contributed by atoms with Gasteiger partial charge in [-0.2, -0.15) is 0 Å². The number of rotatable bonds is 5. The SMILES string of the molecule is C[C@H](NC(=O)CNC(=O)c1ccccc1)c1ccc2c(c1)OCO2. The van der Waals surface area contributed by atoms with E-state index in [0.29, 0.717) is 17.1 Å². The molecule has 2 amide bonds. The number of hydrogen-bond donors (Lipinski definition) is 2. The molecule has 2 aromatic rings. The van der Waals surface area contributed by atoms with Crippen molar-refractivity contribution in [3.8, 4) is 11.5 Å². The van der Waals surface area contributed by atoms with Crippen LogP contribution in [-0.4, -0.2) is 25.2 Å². The predicted molar refractivity (Wildman–Crippen MR) is 87.9 cm³/mol. The maximum atomic E-state index is 12.0. The second-order valence-corrected chi connectivity index (χ2v) is 5.45. The molecule has 1 aliphatic heterocycles. The van der Waals surface area contributed by atoms with Crippen LogP contribution in [0.5, 0.6) is 11.5 Å². The van der Waals surface area contributed by atoms with Gasteiger partial charge >= 0.3 is 0 Å². The molecule has 3 rings (SSSR count). The molecule has 0 bridgehead atoms. The summed E-state index contributed by atoms with van der Waals surface area (Å²) < 4.78 is 10.6. The van der Waals surface area contributed by atoms with Crippen molar-refractivity contribution in [1.82, 2.24) is 10.6 Å². The van der Waals surface area contributed by atoms with Crippen LogP contribution in [0.1, 0.15) is 28.9 Å². The molecular weight excluding hydrogens is 308 g/mol. The van der Waals surface area contributed by atoms with Gasteiger partial charge in [-0.1, -0.05) is 24.3 Å². The maximum absolute atomic E-state index is 12.0. The van der Waals surface area contributed by atoms with E-state index in [0.717, 1.165) is 5.56 Å². The summed E-state index contributed by atoms with van der Waals surface area (Å²) in [5, 5.41) is 5.45. The second kappa shape index (κ2) is 7.04. The number of fused-ring (bicyclic) bond motifs is 1. The van der Waals surface area contributed by atoms with Gasteiger partial charge in [0.25, 0.3) is 5.91 Å². The van der Waals surface area contributed by atoms with Crippen LogP contribution in [-0.2, 0) is 4.79 Å². The van der Waals surface area contributed by atoms with Crippen molar-refractivity contribution in [3.63, 3.8) is 0 Å². The zero-order valence-electron chi connectivity index (χ0n) is 13.2. The van der Waals surface area contributed by atoms with E-state index < -0.39 is 0 Å². The largest absolute Gasteiger partial charge is 0.454 e. The normalized spacial score (nSPS) is 13.2. The molecule has 0 spiro atoms. The van der Waals surface area contributed by atoms with Crippen molar-refractivity contribution in [2.24, 2.45) is 0 Å². The molecule has 6 heteroatoms. The zero-order valence-corrected chi connectivity index (χ0v) is 13.2. The summed E-state index contributed by atoms with van der Waals surface area (Å²) in [6, 6.07) is 14.1. The first-order valence-electron chi connectivity index (χ1n) is 7.65. The van der Waals surface area contributed by atoms with Crippen LogP contribution in [0.2, 0.25) is 0 Å². The Morgan fingerprint density at radius 2 is 1.83 bits per heavy atom. The van der Waals surface area contributed by atoms with Gasteiger partial charge in [0.05, 0.1) is 12.6 Å². The second-order valence-electron chi connectivity index (χ2n) is 5.45. The lowest BCUT2D eigenvalue weighted by molar-refractivity contribution is -0.120. The molecule has 2 aromatic carbocycles. The van der Waals surface area contributed by atoms with E-state index in [-0.39, 0.29) is 31.2 Å². The molecule has 0 unspecified atom stereocenters. The van der Waals surface area contributed by atoms with Crippen LogP contribution >= 0.6 is 0 Å². The molecule has 0 aromatic heterocycles. The molecule has 0 fully saturated rings. The molecule has 6 nitrogen and oxygen atoms in total. The third-order valence-corrected chi connectivity index (χ3v) is 3.72. The lowest BCUT2D eigenvalue weighted by Gasteiger charge is -2.15. The highest BCUT2D eigenvalue weighted by Crippen LogP contribution is 2.34. The fourth-order valence-corrected chi connectivity index (χ4v) is 2.41. The van der Waals surface area contributed by atoms with Crippen molar-refractivity contribution < 1.29 is 19.1 Å². The summed E-state index contributed by atoms with van der Waals surface area (Å²) in [5.74, 6) is 0.837. The number of hydrogen-bond acceptors (Lipinski definition) is 4. The highest BCUT2D eigenvalue weighted by Gasteiger charge is 2.17. The molecule has 0 radical (unpaired) electrons. The van der Waals surface area contributed by atoms with Crippen molar-refractivity contribution in [2.75, 3.05) is 13.3 Å². The van der Waals surface area contributed by atoms with E-state index in [9.17, 15) is 9.59 Å². The lowest BCUT2D eigenvalue weighted by atomic mass is 10.1. The van der Waals surface area contributed by atoms with E-state index >= 15 is 0 Å². The van der Waals surface area contributed by atoms with E-state index in [1.54, 1.807) is 24.3 Å². The Hall–Kier alpha value is -3.02. The maximum Gasteiger partial charge on any atom is 0.251 e. The Morgan fingerprint density at radius 1 is 1.08 bits per heavy atom. The molecule has 124 valence electrons. The van der Waals surface area contributed by atoms with Crippen LogP contribution in [0.4, 0.5) is 0 Å². The lowest BCUT2D eigenvalue weighted by Crippen LogP contribution is -2.38. The third kappa shape index (κ3) is 3.65. The standard InChI is InChI=1S/C18H18N2O4/c1-12(14-7-8-15-16(9-14)24-11-23-15)20-17(21)10-19-18(22)13-5-3-2-4-6-13/h2-9,12H,10-11H2,1H3,(H,19,22)(H,20,21)/t12-/m0/s1. The van der Waals surface area contributed by atoms with Gasteiger partial charge in [0, 0.05) is 5.56 Å². The Kier molecular flexibility index (Phi) is 4.65. The topological polar surface area (TPSA) is 76.7 Å². The number of benzene rings is 2. The van der Waals surface area contributed by atoms with Gasteiger partial charge in [-0.3, -0.25) is 9.59 Å². The van der Waals surface area contributed by atoms with Crippen LogP contribution in [0.15, 0.2) is 48.5 Å². The van der Waals surface area contributed by atoms with Crippen molar-refractivity contribution in [3.05, 3.63) is 59.7 Å². The molecule has 1 atom stereocenters. The first-order valence-corrected chi connectivity index (χ1v) is 7.65. The van der Waals surface area contributed by atoms with E-state index in [4.69, 9.17) is 9.47 Å². The average molecular weight is 326 g/mol. The Labute approximate surface area is 139 Å². The number of nitrogens with one attached hydrogen (secondary N) is 2. The summed E-state index contributed by atoms with van der Waals surface area (Å²) in [5.41, 5.74) is 1.43. The van der Waals surface area contributed by atoms with Gasteiger partial charge in [0.15, 0.2) is 11.5 Å². The predicted octanol–water partition coefficient (Wildman–Crippen LogP) is 2.02. The minimum atomic E-state index is -0.276. The van der Waals surface area contributed by atoms with Gasteiger partial charge in [0.1, 0.15) is 0 Å². The van der Waals surface area contributed by atoms with Gasteiger partial charge < -0.3 is 20.1 Å². The quantitative estimate of drug-likeness (QED) is 0.881. The minimum absolute atomic E-state index is 0.0807. The molecule has 2 N–H and O–H groups in total. The van der Waals surface area contributed by atoms with E-state index in [2.05, 4.69) is 10.6 Å². The summed E-state index contributed by atoms with van der Waals surface area (Å²) >= 11 is 0. The molecule has 0 aliphatic carbocycles. The van der Waals surface area contributed by atoms with Crippen molar-refractivity contribution >= 4 is 11.8 Å². The van der Waals surface area contributed by atoms with E-state index in [1.807, 2.05) is 31.2 Å². The first-order chi connectivity index (χ1) is 11.6. The molecule has 0 saturated carbocycles. The highest BCUT2D eigenvalue weighted by molar-refractivity contribution is 5.96. The van der Waals surface area contributed by atoms with Gasteiger partial charge in [-0.05, 0) is 36.8 Å². The Balaban J connectivity index is 1.52. The number of carbonyl (C=O) groups excluding carboxylic acids is 2. The van der Waals surface area contributed by atoms with Crippen LogP contribution in [0.25, 0.3) is 0 Å². The van der Waals surface area contributed by atoms with Crippen LogP contribution in [0.3, 0.4) is 0 Å². The number of carbonyl (C=O) groups is 2. The highest BCUT2D eigenvalue weighted by atomic mass is 16.7. The smallest absolute Gasteiger partial charge is 0.251 e. The van der Waals surface area contributed by atoms with E-state index in [1.165, 1.54) is 0 Å². The summed E-state index contributed by atoms with van der Waals surface area (Å²) in [4.78, 5) is 23.9. The molecule has 1 heterocycles. The summed E-state index contributed by atoms with van der Waals surface area (Å²) in [6.45, 7) is 2.00. The average Bonchev–Trinajstić information content (AvgIpc) is 3.08. The number of amides is 2. The molecule has 24 heavy (non-hydrogen) atoms. The van der Waals surface area contributed by atoms with Gasteiger partial charge in [-0.25, -0.2) is 0 Å². The monoisotopic (exact) mass is 326 g/mol. The summed E-state index contributed by atoms with van der Waals surface area (Å²) in [6.07, 6.45) is 0. The summed E-state index contributed by atoms with van der Waals surface area (Å²) in [7, 11) is 0. The fourth-order valence-electron chi connectivity index (χ4n) is 2.41. The fraction of sp³-hybridized carbons (Fsp3) is 0.222. The minimum Gasteiger partial charge on any atom is -0.454 e. The Morgan fingerprint density at radius 3 is 2.62 bits per heavy atom. The zero-order chi connectivity index (χ0) is 16.9. The molecule has 0 saturated heterocycles. The van der Waals surface area contributed by atoms with Gasteiger partial charge in [-0.15, -0.1) is 0 Å². The number of ether oxygens (including phenoxy) is 2.